The molecule has 1 fully saturated rings. The molecule has 2 heterocycles. The number of aliphatic hydroxyl groups is 1. The quantitative estimate of drug-likeness (QED) is 0.768. The van der Waals surface area contributed by atoms with Crippen LogP contribution in [0, 0.1) is 5.92 Å². The van der Waals surface area contributed by atoms with E-state index < -0.39 is 0 Å². The maximum atomic E-state index is 11.9. The van der Waals surface area contributed by atoms with Crippen LogP contribution >= 0.6 is 0 Å². The highest BCUT2D eigenvalue weighted by Crippen LogP contribution is 2.19. The van der Waals surface area contributed by atoms with E-state index in [-0.39, 0.29) is 18.4 Å². The van der Waals surface area contributed by atoms with Gasteiger partial charge in [0, 0.05) is 25.6 Å². The van der Waals surface area contributed by atoms with Gasteiger partial charge in [-0.15, -0.1) is 0 Å². The lowest BCUT2D eigenvalue weighted by Gasteiger charge is -2.14. The molecule has 1 aromatic rings. The normalized spacial score (nSPS) is 20.4. The van der Waals surface area contributed by atoms with Gasteiger partial charge >= 0.3 is 0 Å². The summed E-state index contributed by atoms with van der Waals surface area (Å²) in [5.41, 5.74) is 5.41. The first-order valence-electron chi connectivity index (χ1n) is 5.43. The molecule has 0 aliphatic carbocycles. The number of nitrogens with two attached hydrogens (primary N) is 1. The van der Waals surface area contributed by atoms with E-state index in [1.54, 1.807) is 17.0 Å². The van der Waals surface area contributed by atoms with Gasteiger partial charge in [-0.1, -0.05) is 0 Å². The summed E-state index contributed by atoms with van der Waals surface area (Å²) in [6, 6.07) is 3.36. The molecule has 2 rings (SSSR count). The summed E-state index contributed by atoms with van der Waals surface area (Å²) in [5, 5.41) is 9.00. The zero-order valence-electron chi connectivity index (χ0n) is 9.06. The smallest absolute Gasteiger partial charge is 0.289 e. The summed E-state index contributed by atoms with van der Waals surface area (Å²) in [6.07, 6.45) is 0.854. The van der Waals surface area contributed by atoms with Crippen molar-refractivity contribution in [1.29, 1.82) is 0 Å². The van der Waals surface area contributed by atoms with Gasteiger partial charge in [-0.2, -0.15) is 0 Å². The van der Waals surface area contributed by atoms with Crippen molar-refractivity contribution in [3.63, 3.8) is 0 Å². The van der Waals surface area contributed by atoms with Crippen molar-refractivity contribution < 1.29 is 14.3 Å². The van der Waals surface area contributed by atoms with Gasteiger partial charge in [0.25, 0.3) is 5.91 Å². The number of carbonyl (C=O) groups excluding carboxylic acids is 1. The first-order valence-corrected chi connectivity index (χ1v) is 5.43. The number of aliphatic hydroxyl groups excluding tert-OH is 1. The predicted molar refractivity (Wildman–Crippen MR) is 57.7 cm³/mol. The van der Waals surface area contributed by atoms with E-state index in [4.69, 9.17) is 15.3 Å². The molecule has 1 saturated heterocycles. The molecule has 3 N–H and O–H groups in total. The average Bonchev–Trinajstić information content (AvgIpc) is 2.97. The number of likely N-dealkylation sites (tertiary alicyclic amines) is 1. The largest absolute Gasteiger partial charge is 0.455 e. The van der Waals surface area contributed by atoms with Gasteiger partial charge in [0.15, 0.2) is 5.76 Å². The number of hydrogen-bond acceptors (Lipinski definition) is 4. The monoisotopic (exact) mass is 224 g/mol. The van der Waals surface area contributed by atoms with Crippen molar-refractivity contribution in [2.24, 2.45) is 11.7 Å². The molecule has 1 aromatic heterocycles. The highest BCUT2D eigenvalue weighted by molar-refractivity contribution is 5.91. The molecule has 5 heteroatoms. The highest BCUT2D eigenvalue weighted by atomic mass is 16.4. The third kappa shape index (κ3) is 2.10. The van der Waals surface area contributed by atoms with Crippen molar-refractivity contribution in [2.45, 2.75) is 13.0 Å². The topological polar surface area (TPSA) is 79.7 Å². The number of rotatable bonds is 3. The van der Waals surface area contributed by atoms with Crippen LogP contribution in [0.3, 0.4) is 0 Å². The Balaban J connectivity index is 2.02. The Labute approximate surface area is 93.8 Å². The summed E-state index contributed by atoms with van der Waals surface area (Å²) in [4.78, 5) is 13.7. The van der Waals surface area contributed by atoms with E-state index in [1.807, 2.05) is 0 Å². The van der Waals surface area contributed by atoms with Crippen LogP contribution in [0.15, 0.2) is 16.5 Å². The van der Waals surface area contributed by atoms with Gasteiger partial charge in [-0.05, 0) is 18.6 Å². The molecule has 88 valence electrons. The summed E-state index contributed by atoms with van der Waals surface area (Å²) in [7, 11) is 0. The Kier molecular flexibility index (Phi) is 3.26. The third-order valence-corrected chi connectivity index (χ3v) is 2.90. The van der Waals surface area contributed by atoms with Gasteiger partial charge < -0.3 is 20.2 Å². The number of amides is 1. The molecule has 16 heavy (non-hydrogen) atoms. The molecular formula is C11H16N2O3. The first-order chi connectivity index (χ1) is 7.74. The minimum atomic E-state index is -0.115. The van der Waals surface area contributed by atoms with Crippen LogP contribution in [0.1, 0.15) is 22.7 Å². The van der Waals surface area contributed by atoms with Crippen LogP contribution in [-0.2, 0) is 6.54 Å². The van der Waals surface area contributed by atoms with Crippen LogP contribution in [0.25, 0.3) is 0 Å². The second-order valence-electron chi connectivity index (χ2n) is 4.06. The lowest BCUT2D eigenvalue weighted by molar-refractivity contribution is 0.0748. The minimum absolute atomic E-state index is 0.115. The molecule has 5 nitrogen and oxygen atoms in total. The standard InChI is InChI=1S/C11H16N2O3/c12-5-9-1-2-10(16-9)11(15)13-4-3-8(6-13)7-14/h1-2,8,14H,3-7,12H2. The van der Waals surface area contributed by atoms with Gasteiger partial charge in [0.2, 0.25) is 0 Å². The van der Waals surface area contributed by atoms with E-state index in [0.29, 0.717) is 31.2 Å². The lowest BCUT2D eigenvalue weighted by Crippen LogP contribution is -2.28. The molecule has 0 aromatic carbocycles. The fourth-order valence-corrected chi connectivity index (χ4v) is 1.92. The number of hydrogen-bond donors (Lipinski definition) is 2. The Morgan fingerprint density at radius 3 is 3.00 bits per heavy atom. The van der Waals surface area contributed by atoms with Crippen LogP contribution in [0.5, 0.6) is 0 Å². The van der Waals surface area contributed by atoms with Gasteiger partial charge in [0.1, 0.15) is 5.76 Å². The van der Waals surface area contributed by atoms with Gasteiger partial charge in [-0.25, -0.2) is 0 Å². The third-order valence-electron chi connectivity index (χ3n) is 2.90. The maximum absolute atomic E-state index is 11.9. The van der Waals surface area contributed by atoms with Crippen LogP contribution in [0.4, 0.5) is 0 Å². The number of furan rings is 1. The molecule has 1 aliphatic rings. The molecule has 0 bridgehead atoms. The molecule has 1 aliphatic heterocycles. The maximum Gasteiger partial charge on any atom is 0.289 e. The van der Waals surface area contributed by atoms with Crippen LogP contribution < -0.4 is 5.73 Å². The van der Waals surface area contributed by atoms with Crippen molar-refractivity contribution in [3.8, 4) is 0 Å². The molecule has 0 saturated carbocycles. The number of carbonyl (C=O) groups is 1. The Bertz CT molecular complexity index is 375. The fourth-order valence-electron chi connectivity index (χ4n) is 1.92. The SMILES string of the molecule is NCc1ccc(C(=O)N2CCC(CO)C2)o1. The van der Waals surface area contributed by atoms with Crippen molar-refractivity contribution >= 4 is 5.91 Å². The predicted octanol–water partition coefficient (Wildman–Crippen LogP) is 0.193. The van der Waals surface area contributed by atoms with E-state index in [2.05, 4.69) is 0 Å². The van der Waals surface area contributed by atoms with E-state index in [9.17, 15) is 4.79 Å². The highest BCUT2D eigenvalue weighted by Gasteiger charge is 2.27. The molecule has 1 amide bonds. The minimum Gasteiger partial charge on any atom is -0.455 e. The lowest BCUT2D eigenvalue weighted by atomic mass is 10.1. The van der Waals surface area contributed by atoms with Gasteiger partial charge in [0.05, 0.1) is 6.54 Å². The summed E-state index contributed by atoms with van der Waals surface area (Å²) in [6.45, 7) is 1.72. The van der Waals surface area contributed by atoms with Crippen LogP contribution in [0.2, 0.25) is 0 Å². The van der Waals surface area contributed by atoms with Crippen molar-refractivity contribution in [3.05, 3.63) is 23.7 Å². The zero-order valence-corrected chi connectivity index (χ0v) is 9.06. The van der Waals surface area contributed by atoms with Gasteiger partial charge in [-0.3, -0.25) is 4.79 Å². The van der Waals surface area contributed by atoms with Crippen molar-refractivity contribution in [2.75, 3.05) is 19.7 Å². The average molecular weight is 224 g/mol. The molecule has 1 unspecified atom stereocenters. The van der Waals surface area contributed by atoms with E-state index in [1.165, 1.54) is 0 Å². The molecule has 0 radical (unpaired) electrons. The summed E-state index contributed by atoms with van der Waals surface area (Å²) < 4.78 is 5.30. The second-order valence-corrected chi connectivity index (χ2v) is 4.06. The molecular weight excluding hydrogens is 208 g/mol. The van der Waals surface area contributed by atoms with Crippen molar-refractivity contribution in [1.82, 2.24) is 4.90 Å². The number of nitrogens with zero attached hydrogens (tertiary/aromatic N) is 1. The second kappa shape index (κ2) is 4.67. The summed E-state index contributed by atoms with van der Waals surface area (Å²) >= 11 is 0. The Morgan fingerprint density at radius 1 is 1.62 bits per heavy atom. The van der Waals surface area contributed by atoms with E-state index in [0.717, 1.165) is 6.42 Å². The molecule has 1 atom stereocenters. The Hall–Kier alpha value is -1.33. The summed E-state index contributed by atoms with van der Waals surface area (Å²) in [5.74, 6) is 1.03. The van der Waals surface area contributed by atoms with E-state index >= 15 is 0 Å². The molecule has 0 spiro atoms. The fraction of sp³-hybridized carbons (Fsp3) is 0.545. The zero-order chi connectivity index (χ0) is 11.5. The van der Waals surface area contributed by atoms with Crippen LogP contribution in [-0.4, -0.2) is 35.6 Å². The Morgan fingerprint density at radius 2 is 2.44 bits per heavy atom. The first kappa shape index (κ1) is 11.2.